The van der Waals surface area contributed by atoms with Crippen LogP contribution < -0.4 is 11.2 Å². The number of hydroxylamine groups is 1. The molecule has 22 heavy (non-hydrogen) atoms. The van der Waals surface area contributed by atoms with Gasteiger partial charge in [-0.25, -0.2) is 9.59 Å². The summed E-state index contributed by atoms with van der Waals surface area (Å²) < 4.78 is 6.73. The Morgan fingerprint density at radius 1 is 1.41 bits per heavy atom. The van der Waals surface area contributed by atoms with Crippen LogP contribution in [0.15, 0.2) is 27.9 Å². The molecule has 1 aromatic carbocycles. The Balaban J connectivity index is 2.36. The molecule has 118 valence electrons. The van der Waals surface area contributed by atoms with Crippen LogP contribution in [0.3, 0.4) is 0 Å². The van der Waals surface area contributed by atoms with Crippen LogP contribution in [0.1, 0.15) is 5.56 Å². The highest BCUT2D eigenvalue weighted by atomic mass is 32.2. The lowest BCUT2D eigenvalue weighted by atomic mass is 10.2. The highest BCUT2D eigenvalue weighted by Crippen LogP contribution is 2.25. The third-order valence-electron chi connectivity index (χ3n) is 2.84. The molecule has 0 aliphatic heterocycles. The van der Waals surface area contributed by atoms with Crippen LogP contribution in [0, 0.1) is 0 Å². The number of aryl methyl sites for hydroxylation is 1. The monoisotopic (exact) mass is 325 g/mol. The number of nitrogens with one attached hydrogen (secondary N) is 1. The average Bonchev–Trinajstić information content (AvgIpc) is 2.86. The van der Waals surface area contributed by atoms with E-state index >= 15 is 0 Å². The molecule has 0 saturated heterocycles. The molecule has 0 radical (unpaired) electrons. The molecule has 1 heterocycles. The summed E-state index contributed by atoms with van der Waals surface area (Å²) in [5.41, 5.74) is 3.00. The quantitative estimate of drug-likeness (QED) is 0.630. The Hall–Kier alpha value is -2.33. The van der Waals surface area contributed by atoms with Crippen LogP contribution in [0.4, 0.5) is 4.79 Å². The van der Waals surface area contributed by atoms with Crippen LogP contribution >= 0.6 is 11.8 Å². The van der Waals surface area contributed by atoms with E-state index in [0.717, 1.165) is 9.58 Å². The highest BCUT2D eigenvalue weighted by Gasteiger charge is 2.15. The van der Waals surface area contributed by atoms with Crippen molar-refractivity contribution >= 4 is 17.9 Å². The number of carbonyl (C=O) groups is 1. The number of carbonyl (C=O) groups excluding carboxylic acids is 1. The number of aromatic nitrogens is 4. The summed E-state index contributed by atoms with van der Waals surface area (Å²) in [4.78, 5) is 29.0. The molecule has 1 aromatic heterocycles. The first kappa shape index (κ1) is 16.0. The van der Waals surface area contributed by atoms with Gasteiger partial charge in [0.05, 0.1) is 12.8 Å². The number of tetrazole rings is 1. The van der Waals surface area contributed by atoms with Crippen LogP contribution in [0.2, 0.25) is 0 Å². The van der Waals surface area contributed by atoms with E-state index in [1.165, 1.54) is 30.6 Å². The molecule has 0 bridgehead atoms. The maximum absolute atomic E-state index is 12.0. The molecule has 0 unspecified atom stereocenters. The minimum absolute atomic E-state index is 0.0461. The third-order valence-corrected chi connectivity index (χ3v) is 3.66. The lowest BCUT2D eigenvalue weighted by Gasteiger charge is -2.12. The van der Waals surface area contributed by atoms with Gasteiger partial charge in [-0.1, -0.05) is 6.07 Å². The van der Waals surface area contributed by atoms with Gasteiger partial charge in [-0.05, 0) is 28.8 Å². The molecule has 0 fully saturated rings. The Bertz CT molecular complexity index is 727. The van der Waals surface area contributed by atoms with Gasteiger partial charge < -0.3 is 4.74 Å². The molecule has 0 saturated carbocycles. The SMILES string of the molecule is COC(=O)NOCc1c(SC)cccc1-n1nnn(C)c1=O. The lowest BCUT2D eigenvalue weighted by Crippen LogP contribution is -2.25. The smallest absolute Gasteiger partial charge is 0.431 e. The van der Waals surface area contributed by atoms with E-state index in [4.69, 9.17) is 4.84 Å². The zero-order valence-corrected chi connectivity index (χ0v) is 13.1. The molecule has 9 nitrogen and oxygen atoms in total. The Morgan fingerprint density at radius 3 is 2.77 bits per heavy atom. The second kappa shape index (κ2) is 7.09. The zero-order valence-electron chi connectivity index (χ0n) is 12.3. The van der Waals surface area contributed by atoms with E-state index < -0.39 is 6.09 Å². The first-order chi connectivity index (χ1) is 10.6. The minimum atomic E-state index is -0.708. The first-order valence-corrected chi connectivity index (χ1v) is 7.42. The van der Waals surface area contributed by atoms with E-state index in [9.17, 15) is 9.59 Å². The maximum atomic E-state index is 12.0. The number of methoxy groups -OCH3 is 1. The number of amides is 1. The largest absolute Gasteiger partial charge is 0.451 e. The topological polar surface area (TPSA) is 100 Å². The number of hydrogen-bond donors (Lipinski definition) is 1. The van der Waals surface area contributed by atoms with Crippen molar-refractivity contribution in [3.8, 4) is 5.69 Å². The number of nitrogens with zero attached hydrogens (tertiary/aromatic N) is 4. The van der Waals surface area contributed by atoms with Crippen LogP contribution in [0.25, 0.3) is 5.69 Å². The fourth-order valence-electron chi connectivity index (χ4n) is 1.76. The van der Waals surface area contributed by atoms with Gasteiger partial charge in [-0.2, -0.15) is 14.8 Å². The summed E-state index contributed by atoms with van der Waals surface area (Å²) >= 11 is 1.49. The average molecular weight is 325 g/mol. The molecular weight excluding hydrogens is 310 g/mol. The van der Waals surface area contributed by atoms with Crippen molar-refractivity contribution in [1.29, 1.82) is 0 Å². The maximum Gasteiger partial charge on any atom is 0.431 e. The summed E-state index contributed by atoms with van der Waals surface area (Å²) in [7, 11) is 2.75. The number of rotatable bonds is 5. The van der Waals surface area contributed by atoms with E-state index in [-0.39, 0.29) is 12.3 Å². The lowest BCUT2D eigenvalue weighted by molar-refractivity contribution is 0.0241. The van der Waals surface area contributed by atoms with Crippen molar-refractivity contribution in [3.63, 3.8) is 0 Å². The summed E-state index contributed by atoms with van der Waals surface area (Å²) in [6, 6.07) is 5.42. The van der Waals surface area contributed by atoms with Gasteiger partial charge in [0, 0.05) is 17.5 Å². The second-order valence-corrected chi connectivity index (χ2v) is 4.99. The molecular formula is C12H15N5O4S. The Labute approximate surface area is 130 Å². The van der Waals surface area contributed by atoms with Crippen molar-refractivity contribution < 1.29 is 14.4 Å². The highest BCUT2D eigenvalue weighted by molar-refractivity contribution is 7.98. The fraction of sp³-hybridized carbons (Fsp3) is 0.333. The molecule has 1 N–H and O–H groups in total. The van der Waals surface area contributed by atoms with Gasteiger partial charge in [0.15, 0.2) is 0 Å². The van der Waals surface area contributed by atoms with Gasteiger partial charge in [0.25, 0.3) is 0 Å². The molecule has 0 aliphatic rings. The normalized spacial score (nSPS) is 10.5. The van der Waals surface area contributed by atoms with Gasteiger partial charge in [-0.15, -0.1) is 11.8 Å². The van der Waals surface area contributed by atoms with Crippen molar-refractivity contribution in [2.45, 2.75) is 11.5 Å². The van der Waals surface area contributed by atoms with E-state index in [0.29, 0.717) is 11.3 Å². The molecule has 0 spiro atoms. The van der Waals surface area contributed by atoms with E-state index in [1.54, 1.807) is 12.1 Å². The van der Waals surface area contributed by atoms with Crippen molar-refractivity contribution in [2.24, 2.45) is 7.05 Å². The molecule has 1 amide bonds. The molecule has 2 rings (SSSR count). The van der Waals surface area contributed by atoms with Crippen molar-refractivity contribution in [1.82, 2.24) is 25.3 Å². The number of hydrogen-bond acceptors (Lipinski definition) is 7. The van der Waals surface area contributed by atoms with Gasteiger partial charge >= 0.3 is 11.8 Å². The van der Waals surface area contributed by atoms with Crippen molar-refractivity contribution in [2.75, 3.05) is 13.4 Å². The predicted octanol–water partition coefficient (Wildman–Crippen LogP) is 0.476. The molecule has 0 aliphatic carbocycles. The molecule has 0 atom stereocenters. The third kappa shape index (κ3) is 3.28. The van der Waals surface area contributed by atoms with Gasteiger partial charge in [0.1, 0.15) is 6.61 Å². The second-order valence-electron chi connectivity index (χ2n) is 4.14. The van der Waals surface area contributed by atoms with Crippen LogP contribution in [-0.2, 0) is 23.2 Å². The van der Waals surface area contributed by atoms with E-state index in [2.05, 4.69) is 20.6 Å². The minimum Gasteiger partial charge on any atom is -0.451 e. The number of thioether (sulfide) groups is 1. The van der Waals surface area contributed by atoms with Gasteiger partial charge in [-0.3, -0.25) is 4.84 Å². The Kier molecular flexibility index (Phi) is 5.17. The standard InChI is InChI=1S/C12H15N5O4S/c1-16-12(19)17(15-14-16)9-5-4-6-10(22-3)8(9)7-21-13-11(18)20-2/h4-6H,7H2,1-3H3,(H,13,18). The summed E-state index contributed by atoms with van der Waals surface area (Å²) in [5, 5.41) is 7.51. The zero-order chi connectivity index (χ0) is 16.1. The van der Waals surface area contributed by atoms with Crippen molar-refractivity contribution in [3.05, 3.63) is 34.2 Å². The number of benzene rings is 1. The van der Waals surface area contributed by atoms with Crippen LogP contribution in [-0.4, -0.2) is 39.2 Å². The predicted molar refractivity (Wildman–Crippen MR) is 78.7 cm³/mol. The van der Waals surface area contributed by atoms with Crippen LogP contribution in [0.5, 0.6) is 0 Å². The summed E-state index contributed by atoms with van der Waals surface area (Å²) in [6.07, 6.45) is 1.19. The van der Waals surface area contributed by atoms with Gasteiger partial charge in [0.2, 0.25) is 0 Å². The summed E-state index contributed by atoms with van der Waals surface area (Å²) in [6.45, 7) is 0.0461. The first-order valence-electron chi connectivity index (χ1n) is 6.19. The Morgan fingerprint density at radius 2 is 2.18 bits per heavy atom. The summed E-state index contributed by atoms with van der Waals surface area (Å²) in [5.74, 6) is 0. The van der Waals surface area contributed by atoms with E-state index in [1.807, 2.05) is 12.3 Å². The fourth-order valence-corrected chi connectivity index (χ4v) is 2.39. The molecule has 2 aromatic rings. The molecule has 10 heteroatoms. The number of ether oxygens (including phenoxy) is 1.